The number of hydrogen-bond acceptors (Lipinski definition) is 4. The average Bonchev–Trinajstić information content (AvgIpc) is 3.39. The highest BCUT2D eigenvalue weighted by Crippen LogP contribution is 2.13. The summed E-state index contributed by atoms with van der Waals surface area (Å²) >= 11 is 0. The summed E-state index contributed by atoms with van der Waals surface area (Å²) in [6, 6.07) is 21.6. The summed E-state index contributed by atoms with van der Waals surface area (Å²) in [6.07, 6.45) is 1.41. The number of rotatable bonds is 5. The lowest BCUT2D eigenvalue weighted by molar-refractivity contribution is 0.0927. The maximum absolute atomic E-state index is 13.2. The Morgan fingerprint density at radius 2 is 1.69 bits per heavy atom. The first kappa shape index (κ1) is 18.2. The number of amides is 1. The number of aromatic nitrogens is 2. The zero-order valence-corrected chi connectivity index (χ0v) is 15.6. The zero-order valence-electron chi connectivity index (χ0n) is 15.6. The fourth-order valence-corrected chi connectivity index (χ4v) is 3.01. The second-order valence-electron chi connectivity index (χ2n) is 6.33. The number of para-hydroxylation sites is 1. The topological polar surface area (TPSA) is 92.4 Å². The second kappa shape index (κ2) is 7.85. The lowest BCUT2D eigenvalue weighted by Gasteiger charge is -2.06. The Morgan fingerprint density at radius 3 is 2.34 bits per heavy atom. The van der Waals surface area contributed by atoms with E-state index in [4.69, 9.17) is 4.42 Å². The molecule has 4 rings (SSSR count). The van der Waals surface area contributed by atoms with Gasteiger partial charge in [0.25, 0.3) is 5.56 Å². The maximum atomic E-state index is 13.2. The molecule has 2 aromatic heterocycles. The minimum atomic E-state index is -0.500. The van der Waals surface area contributed by atoms with E-state index in [1.807, 2.05) is 60.7 Å². The smallest absolute Gasteiger partial charge is 0.307 e. The zero-order chi connectivity index (χ0) is 20.2. The monoisotopic (exact) mass is 386 g/mol. The third-order valence-corrected chi connectivity index (χ3v) is 4.38. The summed E-state index contributed by atoms with van der Waals surface area (Å²) in [5.74, 6) is -0.367. The number of carbonyl (C=O) groups is 1. The number of furan rings is 1. The van der Waals surface area contributed by atoms with Gasteiger partial charge in [-0.1, -0.05) is 48.5 Å². The van der Waals surface area contributed by atoms with Crippen molar-refractivity contribution in [1.82, 2.24) is 15.2 Å². The molecule has 0 aliphatic carbocycles. The summed E-state index contributed by atoms with van der Waals surface area (Å²) in [5, 5.41) is 7.36. The molecule has 2 aromatic carbocycles. The molecule has 0 saturated heterocycles. The van der Waals surface area contributed by atoms with Crippen molar-refractivity contribution >= 4 is 11.6 Å². The molecule has 1 amide bonds. The largest absolute Gasteiger partial charge is 0.459 e. The van der Waals surface area contributed by atoms with Crippen molar-refractivity contribution in [3.8, 4) is 5.69 Å². The molecule has 7 heteroatoms. The van der Waals surface area contributed by atoms with Crippen molar-refractivity contribution in [1.29, 1.82) is 0 Å². The average molecular weight is 386 g/mol. The van der Waals surface area contributed by atoms with Crippen molar-refractivity contribution in [2.75, 3.05) is 0 Å². The van der Waals surface area contributed by atoms with Crippen LogP contribution in [0.15, 0.2) is 93.4 Å². The molecule has 4 aromatic rings. The number of H-pyrrole nitrogens is 1. The number of nitrogens with one attached hydrogen (secondary N) is 2. The Bertz CT molecular complexity index is 1200. The van der Waals surface area contributed by atoms with E-state index < -0.39 is 5.91 Å². The predicted octanol–water partition coefficient (Wildman–Crippen LogP) is 3.25. The molecule has 0 aliphatic heterocycles. The number of aryl methyl sites for hydroxylation is 1. The standard InChI is InChI=1S/C22H18N4O3/c1-15-19(22(28)26(25-15)17-11-6-3-7-12-17)20(16-9-4-2-5-10-16)23-24-21(27)18-13-8-14-29-18/h2-14,25H,1H3,(H,24,27)/b23-20+. The molecule has 0 bridgehead atoms. The van der Waals surface area contributed by atoms with E-state index in [0.29, 0.717) is 28.2 Å². The van der Waals surface area contributed by atoms with E-state index in [1.54, 1.807) is 13.0 Å². The molecule has 0 saturated carbocycles. The fraction of sp³-hybridized carbons (Fsp3) is 0.0455. The van der Waals surface area contributed by atoms with Crippen LogP contribution in [0.2, 0.25) is 0 Å². The highest BCUT2D eigenvalue weighted by atomic mass is 16.3. The van der Waals surface area contributed by atoms with Crippen LogP contribution in [0, 0.1) is 6.92 Å². The molecule has 0 radical (unpaired) electrons. The van der Waals surface area contributed by atoms with Gasteiger partial charge in [0.2, 0.25) is 0 Å². The molecule has 0 atom stereocenters. The summed E-state index contributed by atoms with van der Waals surface area (Å²) in [5.41, 5.74) is 4.99. The van der Waals surface area contributed by atoms with E-state index in [9.17, 15) is 9.59 Å². The van der Waals surface area contributed by atoms with E-state index in [2.05, 4.69) is 15.6 Å². The normalized spacial score (nSPS) is 11.4. The van der Waals surface area contributed by atoms with Crippen molar-refractivity contribution < 1.29 is 9.21 Å². The van der Waals surface area contributed by atoms with Gasteiger partial charge in [-0.05, 0) is 31.2 Å². The van der Waals surface area contributed by atoms with E-state index >= 15 is 0 Å². The van der Waals surface area contributed by atoms with Crippen LogP contribution >= 0.6 is 0 Å². The van der Waals surface area contributed by atoms with Crippen LogP contribution in [-0.4, -0.2) is 21.4 Å². The highest BCUT2D eigenvalue weighted by molar-refractivity contribution is 6.13. The van der Waals surface area contributed by atoms with Crippen molar-refractivity contribution in [2.24, 2.45) is 5.10 Å². The molecular formula is C22H18N4O3. The first-order chi connectivity index (χ1) is 14.1. The van der Waals surface area contributed by atoms with Crippen LogP contribution in [0.4, 0.5) is 0 Å². The predicted molar refractivity (Wildman–Crippen MR) is 109 cm³/mol. The third-order valence-electron chi connectivity index (χ3n) is 4.38. The molecule has 0 aliphatic rings. The first-order valence-electron chi connectivity index (χ1n) is 8.99. The molecule has 144 valence electrons. The number of hydrazone groups is 1. The summed E-state index contributed by atoms with van der Waals surface area (Å²) in [4.78, 5) is 25.5. The first-order valence-corrected chi connectivity index (χ1v) is 8.99. The Kier molecular flexibility index (Phi) is 4.94. The van der Waals surface area contributed by atoms with Crippen molar-refractivity contribution in [3.05, 3.63) is 112 Å². The van der Waals surface area contributed by atoms with E-state index in [1.165, 1.54) is 17.0 Å². The molecule has 2 N–H and O–H groups in total. The quantitative estimate of drug-likeness (QED) is 0.407. The van der Waals surface area contributed by atoms with Crippen LogP contribution in [0.1, 0.15) is 27.4 Å². The number of carbonyl (C=O) groups excluding carboxylic acids is 1. The molecule has 0 spiro atoms. The van der Waals surface area contributed by atoms with Gasteiger partial charge < -0.3 is 4.42 Å². The Hall–Kier alpha value is -4.13. The second-order valence-corrected chi connectivity index (χ2v) is 6.33. The summed E-state index contributed by atoms with van der Waals surface area (Å²) in [6.45, 7) is 1.79. The summed E-state index contributed by atoms with van der Waals surface area (Å²) < 4.78 is 6.55. The van der Waals surface area contributed by atoms with Crippen LogP contribution in [0.25, 0.3) is 5.69 Å². The summed E-state index contributed by atoms with van der Waals surface area (Å²) in [7, 11) is 0. The van der Waals surface area contributed by atoms with Crippen LogP contribution in [0.5, 0.6) is 0 Å². The minimum Gasteiger partial charge on any atom is -0.459 e. The lowest BCUT2D eigenvalue weighted by Crippen LogP contribution is -2.25. The van der Waals surface area contributed by atoms with Crippen molar-refractivity contribution in [3.63, 3.8) is 0 Å². The van der Waals surface area contributed by atoms with Gasteiger partial charge in [0.1, 0.15) is 5.71 Å². The van der Waals surface area contributed by atoms with Crippen molar-refractivity contribution in [2.45, 2.75) is 6.92 Å². The van der Waals surface area contributed by atoms with Crippen LogP contribution in [-0.2, 0) is 0 Å². The van der Waals surface area contributed by atoms with Gasteiger partial charge in [0.15, 0.2) is 5.76 Å². The van der Waals surface area contributed by atoms with Gasteiger partial charge in [-0.2, -0.15) is 5.10 Å². The number of benzene rings is 2. The lowest BCUT2D eigenvalue weighted by atomic mass is 10.0. The maximum Gasteiger partial charge on any atom is 0.307 e. The minimum absolute atomic E-state index is 0.133. The van der Waals surface area contributed by atoms with Crippen LogP contribution in [0.3, 0.4) is 0 Å². The van der Waals surface area contributed by atoms with Gasteiger partial charge in [0.05, 0.1) is 17.5 Å². The SMILES string of the molecule is Cc1[nH]n(-c2ccccc2)c(=O)c1/C(=N/NC(=O)c1ccco1)c1ccccc1. The molecule has 29 heavy (non-hydrogen) atoms. The van der Waals surface area contributed by atoms with Gasteiger partial charge in [0, 0.05) is 11.3 Å². The van der Waals surface area contributed by atoms with Gasteiger partial charge >= 0.3 is 5.91 Å². The van der Waals surface area contributed by atoms with Gasteiger partial charge in [-0.3, -0.25) is 14.7 Å². The highest BCUT2D eigenvalue weighted by Gasteiger charge is 2.20. The van der Waals surface area contributed by atoms with Gasteiger partial charge in [-0.25, -0.2) is 10.1 Å². The Labute approximate surface area is 166 Å². The fourth-order valence-electron chi connectivity index (χ4n) is 3.01. The van der Waals surface area contributed by atoms with E-state index in [-0.39, 0.29) is 11.3 Å². The number of aromatic amines is 1. The molecule has 0 fully saturated rings. The third kappa shape index (κ3) is 3.66. The molecule has 0 unspecified atom stereocenters. The van der Waals surface area contributed by atoms with Crippen LogP contribution < -0.4 is 11.0 Å². The molecule has 7 nitrogen and oxygen atoms in total. The van der Waals surface area contributed by atoms with Gasteiger partial charge in [-0.15, -0.1) is 0 Å². The molecule has 2 heterocycles. The Morgan fingerprint density at radius 1 is 1.00 bits per heavy atom. The Balaban J connectivity index is 1.80. The van der Waals surface area contributed by atoms with E-state index in [0.717, 1.165) is 0 Å². The number of nitrogens with zero attached hydrogens (tertiary/aromatic N) is 2. The molecular weight excluding hydrogens is 368 g/mol. The number of hydrogen-bond donors (Lipinski definition) is 2.